The number of aliphatic carboxylic acids is 1. The molecule has 1 aromatic heterocycles. The molecule has 0 saturated heterocycles. The van der Waals surface area contributed by atoms with Gasteiger partial charge in [-0.25, -0.2) is 19.2 Å². The number of benzene rings is 1. The fraction of sp³-hybridized carbons (Fsp3) is 0.308. The predicted molar refractivity (Wildman–Crippen MR) is 69.6 cm³/mol. The average Bonchev–Trinajstić information content (AvgIpc) is 2.34. The number of halogens is 1. The SMILES string of the molecule is CCC(Nc1nc(C)nc2cc(F)ccc12)C(=O)O. The van der Waals surface area contributed by atoms with Crippen LogP contribution in [0.4, 0.5) is 10.2 Å². The molecule has 1 aromatic carbocycles. The molecule has 1 unspecified atom stereocenters. The van der Waals surface area contributed by atoms with Crippen molar-refractivity contribution in [2.45, 2.75) is 26.3 Å². The number of hydrogen-bond acceptors (Lipinski definition) is 4. The lowest BCUT2D eigenvalue weighted by Gasteiger charge is -2.15. The molecule has 0 aliphatic rings. The van der Waals surface area contributed by atoms with Gasteiger partial charge in [0.25, 0.3) is 0 Å². The minimum atomic E-state index is -0.950. The van der Waals surface area contributed by atoms with Crippen molar-refractivity contribution >= 4 is 22.7 Å². The number of carboxylic acid groups (broad SMARTS) is 1. The summed E-state index contributed by atoms with van der Waals surface area (Å²) in [6.07, 6.45) is 0.418. The fourth-order valence-corrected chi connectivity index (χ4v) is 1.83. The smallest absolute Gasteiger partial charge is 0.326 e. The topological polar surface area (TPSA) is 75.1 Å². The van der Waals surface area contributed by atoms with E-state index in [1.165, 1.54) is 12.1 Å². The summed E-state index contributed by atoms with van der Waals surface area (Å²) in [5.41, 5.74) is 0.454. The van der Waals surface area contributed by atoms with Gasteiger partial charge in [0.1, 0.15) is 23.5 Å². The molecule has 0 radical (unpaired) electrons. The Morgan fingerprint density at radius 2 is 2.21 bits per heavy atom. The summed E-state index contributed by atoms with van der Waals surface area (Å²) in [6.45, 7) is 3.44. The van der Waals surface area contributed by atoms with E-state index in [0.717, 1.165) is 0 Å². The average molecular weight is 263 g/mol. The van der Waals surface area contributed by atoms with Crippen LogP contribution in [-0.2, 0) is 4.79 Å². The van der Waals surface area contributed by atoms with Crippen molar-refractivity contribution in [1.82, 2.24) is 9.97 Å². The Balaban J connectivity index is 2.50. The van der Waals surface area contributed by atoms with Gasteiger partial charge in [0.15, 0.2) is 0 Å². The van der Waals surface area contributed by atoms with Crippen LogP contribution in [0.5, 0.6) is 0 Å². The van der Waals surface area contributed by atoms with Crippen molar-refractivity contribution in [2.75, 3.05) is 5.32 Å². The number of hydrogen-bond donors (Lipinski definition) is 2. The van der Waals surface area contributed by atoms with Crippen LogP contribution >= 0.6 is 0 Å². The maximum absolute atomic E-state index is 13.2. The summed E-state index contributed by atoms with van der Waals surface area (Å²) < 4.78 is 13.2. The number of anilines is 1. The lowest BCUT2D eigenvalue weighted by Crippen LogP contribution is -2.29. The van der Waals surface area contributed by atoms with E-state index >= 15 is 0 Å². The second-order valence-electron chi connectivity index (χ2n) is 4.22. The fourth-order valence-electron chi connectivity index (χ4n) is 1.83. The standard InChI is InChI=1S/C13H14FN3O2/c1-3-10(13(18)19)17-12-9-5-4-8(14)6-11(9)15-7(2)16-12/h4-6,10H,3H2,1-2H3,(H,18,19)(H,15,16,17). The van der Waals surface area contributed by atoms with Gasteiger partial charge in [-0.05, 0) is 25.5 Å². The first-order valence-corrected chi connectivity index (χ1v) is 5.94. The van der Waals surface area contributed by atoms with Gasteiger partial charge >= 0.3 is 5.97 Å². The molecule has 2 N–H and O–H groups in total. The number of carbonyl (C=O) groups is 1. The summed E-state index contributed by atoms with van der Waals surface area (Å²) in [4.78, 5) is 19.4. The van der Waals surface area contributed by atoms with Gasteiger partial charge in [0.2, 0.25) is 0 Å². The molecule has 1 heterocycles. The van der Waals surface area contributed by atoms with E-state index in [2.05, 4.69) is 15.3 Å². The van der Waals surface area contributed by atoms with Crippen molar-refractivity contribution in [3.63, 3.8) is 0 Å². The van der Waals surface area contributed by atoms with E-state index in [1.807, 2.05) is 0 Å². The summed E-state index contributed by atoms with van der Waals surface area (Å²) in [5.74, 6) is -0.464. The zero-order valence-electron chi connectivity index (χ0n) is 10.6. The predicted octanol–water partition coefficient (Wildman–Crippen LogP) is 2.35. The number of aryl methyl sites for hydroxylation is 1. The zero-order valence-corrected chi connectivity index (χ0v) is 10.6. The Morgan fingerprint density at radius 1 is 1.47 bits per heavy atom. The Kier molecular flexibility index (Phi) is 3.59. The van der Waals surface area contributed by atoms with Crippen molar-refractivity contribution in [3.8, 4) is 0 Å². The number of aromatic nitrogens is 2. The van der Waals surface area contributed by atoms with Crippen LogP contribution in [0.15, 0.2) is 18.2 Å². The minimum Gasteiger partial charge on any atom is -0.480 e. The summed E-state index contributed by atoms with van der Waals surface area (Å²) in [7, 11) is 0. The summed E-state index contributed by atoms with van der Waals surface area (Å²) in [6, 6.07) is 3.41. The Labute approximate surface area is 109 Å². The van der Waals surface area contributed by atoms with Crippen LogP contribution < -0.4 is 5.32 Å². The molecule has 6 heteroatoms. The van der Waals surface area contributed by atoms with E-state index in [0.29, 0.717) is 29.0 Å². The lowest BCUT2D eigenvalue weighted by molar-refractivity contribution is -0.137. The second kappa shape index (κ2) is 5.17. The highest BCUT2D eigenvalue weighted by atomic mass is 19.1. The lowest BCUT2D eigenvalue weighted by atomic mass is 10.2. The van der Waals surface area contributed by atoms with E-state index in [-0.39, 0.29) is 5.82 Å². The first-order valence-electron chi connectivity index (χ1n) is 5.94. The van der Waals surface area contributed by atoms with E-state index in [1.54, 1.807) is 19.9 Å². The molecule has 1 atom stereocenters. The van der Waals surface area contributed by atoms with Crippen LogP contribution in [-0.4, -0.2) is 27.1 Å². The summed E-state index contributed by atoms with van der Waals surface area (Å²) >= 11 is 0. The van der Waals surface area contributed by atoms with Crippen LogP contribution in [0.2, 0.25) is 0 Å². The maximum Gasteiger partial charge on any atom is 0.326 e. The van der Waals surface area contributed by atoms with Crippen LogP contribution in [0.25, 0.3) is 10.9 Å². The molecule has 0 bridgehead atoms. The van der Waals surface area contributed by atoms with Crippen molar-refractivity contribution in [1.29, 1.82) is 0 Å². The minimum absolute atomic E-state index is 0.387. The zero-order chi connectivity index (χ0) is 14.0. The van der Waals surface area contributed by atoms with Crippen molar-refractivity contribution in [3.05, 3.63) is 29.8 Å². The molecule has 0 fully saturated rings. The van der Waals surface area contributed by atoms with Crippen LogP contribution in [0.1, 0.15) is 19.2 Å². The van der Waals surface area contributed by atoms with Gasteiger partial charge in [-0.1, -0.05) is 6.92 Å². The first-order chi connectivity index (χ1) is 9.01. The second-order valence-corrected chi connectivity index (χ2v) is 4.22. The van der Waals surface area contributed by atoms with Gasteiger partial charge < -0.3 is 10.4 Å². The maximum atomic E-state index is 13.2. The normalized spacial score (nSPS) is 12.4. The third-order valence-corrected chi connectivity index (χ3v) is 2.79. The third kappa shape index (κ3) is 2.78. The molecule has 100 valence electrons. The highest BCUT2D eigenvalue weighted by Gasteiger charge is 2.17. The van der Waals surface area contributed by atoms with Gasteiger partial charge in [-0.3, -0.25) is 0 Å². The highest BCUT2D eigenvalue weighted by Crippen LogP contribution is 2.22. The molecule has 19 heavy (non-hydrogen) atoms. The molecule has 0 spiro atoms. The largest absolute Gasteiger partial charge is 0.480 e. The van der Waals surface area contributed by atoms with Crippen molar-refractivity contribution < 1.29 is 14.3 Å². The van der Waals surface area contributed by atoms with Crippen LogP contribution in [0, 0.1) is 12.7 Å². The monoisotopic (exact) mass is 263 g/mol. The molecule has 2 aromatic rings. The summed E-state index contributed by atoms with van der Waals surface area (Å²) in [5, 5.41) is 12.5. The number of nitrogens with zero attached hydrogens (tertiary/aromatic N) is 2. The molecule has 0 aliphatic carbocycles. The number of carboxylic acids is 1. The van der Waals surface area contributed by atoms with Gasteiger partial charge in [0, 0.05) is 11.5 Å². The molecule has 0 saturated carbocycles. The Hall–Kier alpha value is -2.24. The van der Waals surface area contributed by atoms with Gasteiger partial charge in [0.05, 0.1) is 5.52 Å². The molecular formula is C13H14FN3O2. The number of nitrogens with one attached hydrogen (secondary N) is 1. The quantitative estimate of drug-likeness (QED) is 0.885. The molecule has 0 aliphatic heterocycles. The first kappa shape index (κ1) is 13.2. The molecular weight excluding hydrogens is 249 g/mol. The van der Waals surface area contributed by atoms with Crippen LogP contribution in [0.3, 0.4) is 0 Å². The van der Waals surface area contributed by atoms with E-state index in [9.17, 15) is 9.18 Å². The Morgan fingerprint density at radius 3 is 2.84 bits per heavy atom. The van der Waals surface area contributed by atoms with E-state index in [4.69, 9.17) is 5.11 Å². The van der Waals surface area contributed by atoms with Crippen molar-refractivity contribution in [2.24, 2.45) is 0 Å². The van der Waals surface area contributed by atoms with Gasteiger partial charge in [-0.2, -0.15) is 0 Å². The highest BCUT2D eigenvalue weighted by molar-refractivity contribution is 5.90. The molecule has 2 rings (SSSR count). The van der Waals surface area contributed by atoms with Gasteiger partial charge in [-0.15, -0.1) is 0 Å². The molecule has 5 nitrogen and oxygen atoms in total. The molecule has 0 amide bonds. The number of fused-ring (bicyclic) bond motifs is 1. The van der Waals surface area contributed by atoms with E-state index < -0.39 is 12.0 Å². The third-order valence-electron chi connectivity index (χ3n) is 2.79. The number of rotatable bonds is 4. The Bertz CT molecular complexity index is 625.